The minimum Gasteiger partial charge on any atom is -0.444 e. The van der Waals surface area contributed by atoms with E-state index in [1.165, 1.54) is 0 Å². The number of hydrogen-bond acceptors (Lipinski definition) is 5. The van der Waals surface area contributed by atoms with E-state index in [0.717, 1.165) is 49.7 Å². The number of alkyl carbamates (subject to hydrolysis) is 1. The summed E-state index contributed by atoms with van der Waals surface area (Å²) in [5.74, 6) is -1.01. The maximum absolute atomic E-state index is 14.2. The van der Waals surface area contributed by atoms with E-state index in [1.807, 2.05) is 38.1 Å². The molecule has 2 fully saturated rings. The summed E-state index contributed by atoms with van der Waals surface area (Å²) >= 11 is 0. The number of hydrogen-bond donors (Lipinski definition) is 3. The van der Waals surface area contributed by atoms with Crippen molar-refractivity contribution in [3.05, 3.63) is 35.4 Å². The van der Waals surface area contributed by atoms with Crippen LogP contribution in [0, 0.1) is 12.8 Å². The molecule has 0 saturated heterocycles. The molecule has 2 aliphatic rings. The first-order chi connectivity index (χ1) is 17.9. The van der Waals surface area contributed by atoms with Crippen molar-refractivity contribution in [2.45, 2.75) is 116 Å². The summed E-state index contributed by atoms with van der Waals surface area (Å²) in [6.45, 7) is 9.16. The molecule has 9 heteroatoms. The molecule has 9 nitrogen and oxygen atoms in total. The van der Waals surface area contributed by atoms with Gasteiger partial charge < -0.3 is 26.0 Å². The number of primary amides is 1. The van der Waals surface area contributed by atoms with E-state index in [4.69, 9.17) is 10.5 Å². The summed E-state index contributed by atoms with van der Waals surface area (Å²) in [7, 11) is 0. The van der Waals surface area contributed by atoms with Gasteiger partial charge in [-0.1, -0.05) is 50.5 Å². The van der Waals surface area contributed by atoms with Crippen molar-refractivity contribution < 1.29 is 23.9 Å². The molecule has 0 spiro atoms. The van der Waals surface area contributed by atoms with E-state index in [9.17, 15) is 19.2 Å². The first-order valence-electron chi connectivity index (χ1n) is 13.8. The number of rotatable bonds is 10. The van der Waals surface area contributed by atoms with Gasteiger partial charge in [-0.05, 0) is 70.4 Å². The Morgan fingerprint density at radius 1 is 1.11 bits per heavy atom. The van der Waals surface area contributed by atoms with E-state index in [2.05, 4.69) is 10.6 Å². The third-order valence-electron chi connectivity index (χ3n) is 7.31. The van der Waals surface area contributed by atoms with Crippen molar-refractivity contribution in [1.82, 2.24) is 15.5 Å². The maximum Gasteiger partial charge on any atom is 0.408 e. The molecular weight excluding hydrogens is 484 g/mol. The van der Waals surface area contributed by atoms with E-state index in [1.54, 1.807) is 25.7 Å². The van der Waals surface area contributed by atoms with Gasteiger partial charge in [0, 0.05) is 18.5 Å². The van der Waals surface area contributed by atoms with E-state index in [0.29, 0.717) is 0 Å². The highest BCUT2D eigenvalue weighted by Crippen LogP contribution is 2.41. The van der Waals surface area contributed by atoms with Crippen LogP contribution in [0.15, 0.2) is 24.3 Å². The molecule has 4 N–H and O–H groups in total. The second-order valence-electron chi connectivity index (χ2n) is 11.8. The van der Waals surface area contributed by atoms with Crippen molar-refractivity contribution in [2.24, 2.45) is 11.7 Å². The summed E-state index contributed by atoms with van der Waals surface area (Å²) in [5.41, 5.74) is 6.28. The monoisotopic (exact) mass is 528 g/mol. The molecule has 0 radical (unpaired) electrons. The van der Waals surface area contributed by atoms with Crippen LogP contribution < -0.4 is 16.4 Å². The highest BCUT2D eigenvalue weighted by atomic mass is 16.6. The van der Waals surface area contributed by atoms with E-state index in [-0.39, 0.29) is 36.8 Å². The number of carbonyl (C=O) groups excluding carboxylic acids is 4. The molecule has 4 unspecified atom stereocenters. The Labute approximate surface area is 226 Å². The number of amides is 4. The van der Waals surface area contributed by atoms with Gasteiger partial charge in [-0.3, -0.25) is 14.4 Å². The molecule has 4 atom stereocenters. The van der Waals surface area contributed by atoms with Crippen molar-refractivity contribution in [1.29, 1.82) is 0 Å². The second-order valence-corrected chi connectivity index (χ2v) is 11.8. The Hall–Kier alpha value is -3.10. The van der Waals surface area contributed by atoms with Crippen LogP contribution in [-0.2, 0) is 19.1 Å². The quantitative estimate of drug-likeness (QED) is 0.424. The standard InChI is InChI=1S/C29H44N4O5/c1-18-11-9-10-14-21(18)25(26(35)31-20-12-7-6-8-13-20)33(23-17-19(23)2)27(36)22(15-16-24(30)34)32-28(37)38-29(3,4)5/h9-11,14,19-20,22-23,25H,6-8,12-13,15-17H2,1-5H3,(H2,30,34)(H,31,35)(H,32,37). The topological polar surface area (TPSA) is 131 Å². The van der Waals surface area contributed by atoms with Gasteiger partial charge >= 0.3 is 6.09 Å². The summed E-state index contributed by atoms with van der Waals surface area (Å²) in [4.78, 5) is 54.1. The van der Waals surface area contributed by atoms with Crippen LogP contribution in [0.25, 0.3) is 0 Å². The van der Waals surface area contributed by atoms with Crippen molar-refractivity contribution in [3.8, 4) is 0 Å². The average molecular weight is 529 g/mol. The molecule has 1 aromatic carbocycles. The number of nitrogens with zero attached hydrogens (tertiary/aromatic N) is 1. The third-order valence-corrected chi connectivity index (χ3v) is 7.31. The molecule has 0 aliphatic heterocycles. The predicted octanol–water partition coefficient (Wildman–Crippen LogP) is 3.88. The highest BCUT2D eigenvalue weighted by molar-refractivity contribution is 5.93. The number of nitrogens with one attached hydrogen (secondary N) is 2. The minimum absolute atomic E-state index is 0.00967. The van der Waals surface area contributed by atoms with Gasteiger partial charge in [0.1, 0.15) is 17.7 Å². The summed E-state index contributed by atoms with van der Waals surface area (Å²) in [6.07, 6.45) is 5.04. The Kier molecular flexibility index (Phi) is 9.79. The Morgan fingerprint density at radius 2 is 1.74 bits per heavy atom. The molecular formula is C29H44N4O5. The van der Waals surface area contributed by atoms with Crippen molar-refractivity contribution >= 4 is 23.8 Å². The number of benzene rings is 1. The number of ether oxygens (including phenoxy) is 1. The van der Waals surface area contributed by atoms with Crippen LogP contribution in [0.3, 0.4) is 0 Å². The fraction of sp³-hybridized carbons (Fsp3) is 0.655. The molecule has 2 saturated carbocycles. The summed E-state index contributed by atoms with van der Waals surface area (Å²) < 4.78 is 5.40. The average Bonchev–Trinajstić information content (AvgIpc) is 3.55. The molecule has 3 rings (SSSR count). The van der Waals surface area contributed by atoms with Gasteiger partial charge in [0.05, 0.1) is 0 Å². The lowest BCUT2D eigenvalue weighted by Crippen LogP contribution is -2.55. The van der Waals surface area contributed by atoms with Crippen LogP contribution in [0.1, 0.15) is 96.2 Å². The highest BCUT2D eigenvalue weighted by Gasteiger charge is 2.48. The van der Waals surface area contributed by atoms with Gasteiger partial charge in [0.25, 0.3) is 0 Å². The molecule has 38 heavy (non-hydrogen) atoms. The fourth-order valence-electron chi connectivity index (χ4n) is 5.18. The zero-order valence-corrected chi connectivity index (χ0v) is 23.4. The van der Waals surface area contributed by atoms with Gasteiger partial charge in [-0.15, -0.1) is 0 Å². The fourth-order valence-corrected chi connectivity index (χ4v) is 5.18. The van der Waals surface area contributed by atoms with Crippen molar-refractivity contribution in [3.63, 3.8) is 0 Å². The van der Waals surface area contributed by atoms with Crippen LogP contribution in [0.5, 0.6) is 0 Å². The first-order valence-corrected chi connectivity index (χ1v) is 13.8. The van der Waals surface area contributed by atoms with Crippen LogP contribution >= 0.6 is 0 Å². The van der Waals surface area contributed by atoms with Crippen LogP contribution in [0.4, 0.5) is 4.79 Å². The lowest BCUT2D eigenvalue weighted by molar-refractivity contribution is -0.144. The molecule has 0 bridgehead atoms. The third kappa shape index (κ3) is 8.20. The number of carbonyl (C=O) groups is 4. The van der Waals surface area contributed by atoms with Crippen LogP contribution in [-0.4, -0.2) is 52.4 Å². The van der Waals surface area contributed by atoms with Crippen LogP contribution in [0.2, 0.25) is 0 Å². The molecule has 1 aromatic rings. The van der Waals surface area contributed by atoms with Crippen molar-refractivity contribution in [2.75, 3.05) is 0 Å². The summed E-state index contributed by atoms with van der Waals surface area (Å²) in [6, 6.07) is 5.55. The zero-order chi connectivity index (χ0) is 28.0. The molecule has 0 heterocycles. The Morgan fingerprint density at radius 3 is 2.29 bits per heavy atom. The smallest absolute Gasteiger partial charge is 0.408 e. The van der Waals surface area contributed by atoms with E-state index >= 15 is 0 Å². The summed E-state index contributed by atoms with van der Waals surface area (Å²) in [5, 5.41) is 5.88. The molecule has 210 valence electrons. The number of aryl methyl sites for hydroxylation is 1. The lowest BCUT2D eigenvalue weighted by atomic mass is 9.93. The maximum atomic E-state index is 14.2. The normalized spacial score (nSPS) is 21.1. The largest absolute Gasteiger partial charge is 0.444 e. The van der Waals surface area contributed by atoms with Gasteiger partial charge in [0.2, 0.25) is 17.7 Å². The number of nitrogens with two attached hydrogens (primary N) is 1. The molecule has 0 aromatic heterocycles. The molecule has 4 amide bonds. The molecule has 2 aliphatic carbocycles. The second kappa shape index (κ2) is 12.6. The van der Waals surface area contributed by atoms with Gasteiger partial charge in [0.15, 0.2) is 0 Å². The predicted molar refractivity (Wildman–Crippen MR) is 145 cm³/mol. The SMILES string of the molecule is Cc1ccccc1C(C(=O)NC1CCCCC1)N(C(=O)C(CCC(N)=O)NC(=O)OC(C)(C)C)C1CC1C. The zero-order valence-electron chi connectivity index (χ0n) is 23.4. The first kappa shape index (κ1) is 29.5. The minimum atomic E-state index is -1.07. The Bertz CT molecular complexity index is 1010. The van der Waals surface area contributed by atoms with Gasteiger partial charge in [-0.2, -0.15) is 0 Å². The lowest BCUT2D eigenvalue weighted by Gasteiger charge is -2.36. The van der Waals surface area contributed by atoms with Gasteiger partial charge in [-0.25, -0.2) is 4.79 Å². The van der Waals surface area contributed by atoms with E-state index < -0.39 is 35.6 Å². The Balaban J connectivity index is 1.97.